The van der Waals surface area contributed by atoms with Crippen molar-refractivity contribution in [2.45, 2.75) is 0 Å². The molecule has 1 aromatic heterocycles. The minimum atomic E-state index is -3.67. The highest BCUT2D eigenvalue weighted by atomic mass is 32.2. The number of rotatable bonds is 0. The van der Waals surface area contributed by atoms with E-state index in [-0.39, 0.29) is 0 Å². The first-order chi connectivity index (χ1) is 4.50. The predicted molar refractivity (Wildman–Crippen MR) is 33.9 cm³/mol. The first-order valence-electron chi connectivity index (χ1n) is 2.23. The average Bonchev–Trinajstić information content (AvgIpc) is 2.07. The Labute approximate surface area is 58.0 Å². The van der Waals surface area contributed by atoms with Gasteiger partial charge in [0.25, 0.3) is 10.1 Å². The molecule has 1 heterocycles. The molecule has 1 aromatic rings. The first kappa shape index (κ1) is 9.05. The van der Waals surface area contributed by atoms with Crippen molar-refractivity contribution in [3.8, 4) is 0 Å². The molecule has 0 aliphatic heterocycles. The van der Waals surface area contributed by atoms with Crippen molar-refractivity contribution in [1.82, 2.24) is 15.4 Å². The van der Waals surface area contributed by atoms with Gasteiger partial charge in [-0.25, -0.2) is 0 Å². The van der Waals surface area contributed by atoms with Gasteiger partial charge in [-0.05, 0) is 0 Å². The molecule has 10 heavy (non-hydrogen) atoms. The molecule has 0 saturated carbocycles. The Bertz CT molecular complexity index is 215. The molecule has 0 atom stereocenters. The van der Waals surface area contributed by atoms with E-state index in [0.29, 0.717) is 6.26 Å². The highest BCUT2D eigenvalue weighted by Crippen LogP contribution is 1.60. The van der Waals surface area contributed by atoms with E-state index >= 15 is 0 Å². The van der Waals surface area contributed by atoms with Crippen molar-refractivity contribution in [2.24, 2.45) is 0 Å². The number of aromatic nitrogens is 3. The SMILES string of the molecule is CS(=O)(=O)O.c1c[nH]nn1. The first-order valence-corrected chi connectivity index (χ1v) is 4.08. The van der Waals surface area contributed by atoms with Gasteiger partial charge < -0.3 is 0 Å². The van der Waals surface area contributed by atoms with Crippen LogP contribution in [0.2, 0.25) is 0 Å². The van der Waals surface area contributed by atoms with Crippen LogP contribution < -0.4 is 0 Å². The summed E-state index contributed by atoms with van der Waals surface area (Å²) in [5.41, 5.74) is 0. The van der Waals surface area contributed by atoms with Crippen LogP contribution in [-0.4, -0.2) is 34.6 Å². The lowest BCUT2D eigenvalue weighted by Crippen LogP contribution is -1.88. The van der Waals surface area contributed by atoms with Gasteiger partial charge in [0.1, 0.15) is 0 Å². The summed E-state index contributed by atoms with van der Waals surface area (Å²) >= 11 is 0. The zero-order valence-corrected chi connectivity index (χ0v) is 6.04. The fourth-order valence-corrected chi connectivity index (χ4v) is 0.167. The second-order valence-electron chi connectivity index (χ2n) is 1.39. The lowest BCUT2D eigenvalue weighted by Gasteiger charge is -1.69. The third kappa shape index (κ3) is 15.7. The molecule has 0 bridgehead atoms. The zero-order chi connectivity index (χ0) is 8.04. The van der Waals surface area contributed by atoms with E-state index in [1.807, 2.05) is 0 Å². The summed E-state index contributed by atoms with van der Waals surface area (Å²) in [6.45, 7) is 0. The maximum Gasteiger partial charge on any atom is 0.261 e. The van der Waals surface area contributed by atoms with E-state index in [4.69, 9.17) is 4.55 Å². The molecular weight excluding hydrogens is 158 g/mol. The molecule has 0 radical (unpaired) electrons. The molecule has 0 spiro atoms. The molecule has 0 aliphatic carbocycles. The zero-order valence-electron chi connectivity index (χ0n) is 5.22. The molecule has 1 rings (SSSR count). The van der Waals surface area contributed by atoms with Crippen LogP contribution in [0, 0.1) is 0 Å². The third-order valence-corrected chi connectivity index (χ3v) is 0.331. The summed E-state index contributed by atoms with van der Waals surface area (Å²) in [5.74, 6) is 0. The van der Waals surface area contributed by atoms with Crippen LogP contribution in [0.15, 0.2) is 12.4 Å². The highest BCUT2D eigenvalue weighted by Gasteiger charge is 1.81. The Morgan fingerprint density at radius 1 is 1.60 bits per heavy atom. The number of nitrogens with zero attached hydrogens (tertiary/aromatic N) is 2. The highest BCUT2D eigenvalue weighted by molar-refractivity contribution is 7.85. The van der Waals surface area contributed by atoms with E-state index in [1.165, 1.54) is 0 Å². The monoisotopic (exact) mass is 165 g/mol. The van der Waals surface area contributed by atoms with Gasteiger partial charge in [0.05, 0.1) is 12.5 Å². The molecule has 58 valence electrons. The van der Waals surface area contributed by atoms with E-state index in [2.05, 4.69) is 15.4 Å². The fraction of sp³-hybridized carbons (Fsp3) is 0.333. The fourth-order valence-electron chi connectivity index (χ4n) is 0.167. The van der Waals surface area contributed by atoms with Crippen molar-refractivity contribution in [1.29, 1.82) is 0 Å². The molecule has 6 nitrogen and oxygen atoms in total. The van der Waals surface area contributed by atoms with Gasteiger partial charge in [-0.15, -0.1) is 5.10 Å². The average molecular weight is 165 g/mol. The van der Waals surface area contributed by atoms with Gasteiger partial charge in [-0.1, -0.05) is 5.21 Å². The summed E-state index contributed by atoms with van der Waals surface area (Å²) < 4.78 is 25.9. The molecule has 0 unspecified atom stereocenters. The van der Waals surface area contributed by atoms with E-state index in [0.717, 1.165) is 0 Å². The Hall–Kier alpha value is -0.950. The quantitative estimate of drug-likeness (QED) is 0.496. The Morgan fingerprint density at radius 3 is 2.20 bits per heavy atom. The van der Waals surface area contributed by atoms with Crippen LogP contribution in [0.3, 0.4) is 0 Å². The number of hydrogen-bond donors (Lipinski definition) is 2. The summed E-state index contributed by atoms with van der Waals surface area (Å²) in [6.07, 6.45) is 3.95. The van der Waals surface area contributed by atoms with Crippen LogP contribution in [0.5, 0.6) is 0 Å². The lowest BCUT2D eigenvalue weighted by molar-refractivity contribution is 0.490. The van der Waals surface area contributed by atoms with Gasteiger partial charge in [0.2, 0.25) is 0 Å². The smallest absolute Gasteiger partial charge is 0.261 e. The largest absolute Gasteiger partial charge is 0.286 e. The number of H-pyrrole nitrogens is 1. The van der Waals surface area contributed by atoms with Crippen LogP contribution >= 0.6 is 0 Å². The van der Waals surface area contributed by atoms with Crippen LogP contribution in [0.4, 0.5) is 0 Å². The number of hydrogen-bond acceptors (Lipinski definition) is 4. The second-order valence-corrected chi connectivity index (χ2v) is 2.86. The topological polar surface area (TPSA) is 95.9 Å². The van der Waals surface area contributed by atoms with Gasteiger partial charge >= 0.3 is 0 Å². The van der Waals surface area contributed by atoms with Crippen LogP contribution in [0.1, 0.15) is 0 Å². The molecule has 0 saturated heterocycles. The van der Waals surface area contributed by atoms with Crippen LogP contribution in [-0.2, 0) is 10.1 Å². The van der Waals surface area contributed by atoms with E-state index in [9.17, 15) is 8.42 Å². The van der Waals surface area contributed by atoms with Crippen LogP contribution in [0.25, 0.3) is 0 Å². The molecule has 2 N–H and O–H groups in total. The van der Waals surface area contributed by atoms with E-state index < -0.39 is 10.1 Å². The molecule has 0 amide bonds. The Morgan fingerprint density at radius 2 is 2.10 bits per heavy atom. The number of nitrogens with one attached hydrogen (secondary N) is 1. The standard InChI is InChI=1S/C2H3N3.CH4O3S/c1-2-4-5-3-1;1-5(2,3)4/h1-2H,(H,3,4,5);1H3,(H,2,3,4). The van der Waals surface area contributed by atoms with Crippen molar-refractivity contribution in [2.75, 3.05) is 6.26 Å². The minimum absolute atomic E-state index is 0.715. The summed E-state index contributed by atoms with van der Waals surface area (Å²) in [7, 11) is -3.67. The van der Waals surface area contributed by atoms with Gasteiger partial charge in [-0.3, -0.25) is 9.65 Å². The molecular formula is C3H7N3O3S. The third-order valence-electron chi connectivity index (χ3n) is 0.331. The number of aromatic amines is 1. The molecule has 7 heteroatoms. The summed E-state index contributed by atoms with van der Waals surface area (Å²) in [4.78, 5) is 0. The Balaban J connectivity index is 0.000000162. The maximum atomic E-state index is 9.19. The normalized spacial score (nSPS) is 9.80. The minimum Gasteiger partial charge on any atom is -0.286 e. The second kappa shape index (κ2) is 3.96. The van der Waals surface area contributed by atoms with Crippen molar-refractivity contribution >= 4 is 10.1 Å². The maximum absolute atomic E-state index is 9.19. The van der Waals surface area contributed by atoms with Crippen molar-refractivity contribution < 1.29 is 13.0 Å². The van der Waals surface area contributed by atoms with Gasteiger partial charge in [-0.2, -0.15) is 8.42 Å². The molecule has 0 aromatic carbocycles. The lowest BCUT2D eigenvalue weighted by atomic mass is 11.0. The summed E-state index contributed by atoms with van der Waals surface area (Å²) in [6, 6.07) is 0. The van der Waals surface area contributed by atoms with Gasteiger partial charge in [0, 0.05) is 6.20 Å². The predicted octanol–water partition coefficient (Wildman–Crippen LogP) is -0.691. The molecule has 0 aliphatic rings. The van der Waals surface area contributed by atoms with Crippen molar-refractivity contribution in [3.05, 3.63) is 12.4 Å². The van der Waals surface area contributed by atoms with Gasteiger partial charge in [0.15, 0.2) is 0 Å². The summed E-state index contributed by atoms with van der Waals surface area (Å²) in [5, 5.41) is 9.26. The van der Waals surface area contributed by atoms with Crippen molar-refractivity contribution in [3.63, 3.8) is 0 Å². The Kier molecular flexibility index (Phi) is 3.59. The van der Waals surface area contributed by atoms with E-state index in [1.54, 1.807) is 12.4 Å². The molecule has 0 fully saturated rings.